The van der Waals surface area contributed by atoms with Gasteiger partial charge in [0, 0.05) is 18.6 Å². The summed E-state index contributed by atoms with van der Waals surface area (Å²) >= 11 is 11.8. The molecular weight excluding hydrogens is 233 g/mol. The lowest BCUT2D eigenvalue weighted by Crippen LogP contribution is -2.23. The minimum Gasteiger partial charge on any atom is -0.396 e. The fourth-order valence-corrected chi connectivity index (χ4v) is 2.45. The Morgan fingerprint density at radius 3 is 2.60 bits per heavy atom. The Morgan fingerprint density at radius 2 is 2.13 bits per heavy atom. The Morgan fingerprint density at radius 1 is 1.40 bits per heavy atom. The summed E-state index contributed by atoms with van der Waals surface area (Å²) in [4.78, 5) is 0. The lowest BCUT2D eigenvalue weighted by atomic mass is 9.93. The number of aliphatic hydroxyl groups excluding tert-OH is 1. The standard InChI is InChI=1S/C11H13Cl2NO/c12-9-2-1-7(3-10(9)13)11(6-14)4-8(11)5-15/h1-3,8,15H,4-6,14H2/t8?,11-/m1/s1. The predicted octanol–water partition coefficient (Wildman–Crippen LogP) is 2.20. The molecule has 4 heteroatoms. The van der Waals surface area contributed by atoms with Crippen molar-refractivity contribution in [2.45, 2.75) is 11.8 Å². The number of nitrogens with two attached hydrogens (primary N) is 1. The number of rotatable bonds is 3. The van der Waals surface area contributed by atoms with Gasteiger partial charge in [-0.15, -0.1) is 0 Å². The van der Waals surface area contributed by atoms with Crippen LogP contribution in [0.15, 0.2) is 18.2 Å². The van der Waals surface area contributed by atoms with Crippen LogP contribution in [0.3, 0.4) is 0 Å². The molecule has 0 spiro atoms. The molecular formula is C11H13Cl2NO. The first-order valence-corrected chi connectivity index (χ1v) is 5.66. The summed E-state index contributed by atoms with van der Waals surface area (Å²) in [5.41, 5.74) is 6.77. The fraction of sp³-hybridized carbons (Fsp3) is 0.455. The van der Waals surface area contributed by atoms with E-state index >= 15 is 0 Å². The molecule has 1 aromatic carbocycles. The van der Waals surface area contributed by atoms with Crippen LogP contribution in [0.25, 0.3) is 0 Å². The van der Waals surface area contributed by atoms with Gasteiger partial charge in [-0.2, -0.15) is 0 Å². The summed E-state index contributed by atoms with van der Waals surface area (Å²) in [5.74, 6) is 0.264. The molecule has 0 amide bonds. The van der Waals surface area contributed by atoms with Crippen LogP contribution < -0.4 is 5.73 Å². The van der Waals surface area contributed by atoms with Gasteiger partial charge in [-0.3, -0.25) is 0 Å². The SMILES string of the molecule is NC[C@@]1(c2ccc(Cl)c(Cl)c2)CC1CO. The number of hydrogen-bond acceptors (Lipinski definition) is 2. The van der Waals surface area contributed by atoms with Gasteiger partial charge in [0.15, 0.2) is 0 Å². The highest BCUT2D eigenvalue weighted by atomic mass is 35.5. The van der Waals surface area contributed by atoms with E-state index in [0.29, 0.717) is 16.6 Å². The lowest BCUT2D eigenvalue weighted by Gasteiger charge is -2.15. The molecule has 1 aliphatic carbocycles. The topological polar surface area (TPSA) is 46.2 Å². The van der Waals surface area contributed by atoms with Gasteiger partial charge < -0.3 is 10.8 Å². The molecule has 1 fully saturated rings. The van der Waals surface area contributed by atoms with E-state index in [0.717, 1.165) is 12.0 Å². The van der Waals surface area contributed by atoms with Gasteiger partial charge in [0.2, 0.25) is 0 Å². The van der Waals surface area contributed by atoms with E-state index in [1.165, 1.54) is 0 Å². The highest BCUT2D eigenvalue weighted by Gasteiger charge is 2.53. The Hall–Kier alpha value is -0.280. The van der Waals surface area contributed by atoms with Crippen LogP contribution in [-0.4, -0.2) is 18.3 Å². The molecule has 0 aromatic heterocycles. The molecule has 3 N–H and O–H groups in total. The first kappa shape index (κ1) is 11.2. The van der Waals surface area contributed by atoms with E-state index in [4.69, 9.17) is 34.0 Å². The van der Waals surface area contributed by atoms with Gasteiger partial charge in [-0.25, -0.2) is 0 Å². The molecule has 2 rings (SSSR count). The highest BCUT2D eigenvalue weighted by Crippen LogP contribution is 2.53. The minimum absolute atomic E-state index is 0.0804. The Balaban J connectivity index is 2.33. The second kappa shape index (κ2) is 3.95. The van der Waals surface area contributed by atoms with Gasteiger partial charge in [-0.1, -0.05) is 29.3 Å². The molecule has 1 aromatic rings. The van der Waals surface area contributed by atoms with E-state index in [1.54, 1.807) is 6.07 Å². The summed E-state index contributed by atoms with van der Waals surface area (Å²) < 4.78 is 0. The summed E-state index contributed by atoms with van der Waals surface area (Å²) in [6, 6.07) is 5.58. The van der Waals surface area contributed by atoms with E-state index in [2.05, 4.69) is 0 Å². The first-order chi connectivity index (χ1) is 7.14. The van der Waals surface area contributed by atoms with Crippen LogP contribution in [0.1, 0.15) is 12.0 Å². The maximum atomic E-state index is 9.14. The predicted molar refractivity (Wildman–Crippen MR) is 62.4 cm³/mol. The summed E-state index contributed by atoms with van der Waals surface area (Å²) in [6.07, 6.45) is 0.929. The van der Waals surface area contributed by atoms with Gasteiger partial charge in [0.05, 0.1) is 10.0 Å². The van der Waals surface area contributed by atoms with Crippen LogP contribution in [0.5, 0.6) is 0 Å². The minimum atomic E-state index is -0.0804. The largest absolute Gasteiger partial charge is 0.396 e. The van der Waals surface area contributed by atoms with Gasteiger partial charge >= 0.3 is 0 Å². The van der Waals surface area contributed by atoms with Crippen molar-refractivity contribution in [3.63, 3.8) is 0 Å². The molecule has 1 aliphatic rings. The average Bonchev–Trinajstić information content (AvgIpc) is 2.97. The summed E-state index contributed by atoms with van der Waals surface area (Å²) in [7, 11) is 0. The zero-order valence-electron chi connectivity index (χ0n) is 8.21. The van der Waals surface area contributed by atoms with Crippen LogP contribution in [0.4, 0.5) is 0 Å². The molecule has 0 saturated heterocycles. The van der Waals surface area contributed by atoms with Crippen molar-refractivity contribution < 1.29 is 5.11 Å². The van der Waals surface area contributed by atoms with Crippen molar-refractivity contribution in [3.8, 4) is 0 Å². The third-order valence-electron chi connectivity index (χ3n) is 3.31. The van der Waals surface area contributed by atoms with Crippen molar-refractivity contribution in [1.82, 2.24) is 0 Å². The number of benzene rings is 1. The zero-order chi connectivity index (χ0) is 11.1. The van der Waals surface area contributed by atoms with E-state index in [9.17, 15) is 0 Å². The highest BCUT2D eigenvalue weighted by molar-refractivity contribution is 6.42. The van der Waals surface area contributed by atoms with Crippen molar-refractivity contribution in [1.29, 1.82) is 0 Å². The second-order valence-corrected chi connectivity index (χ2v) is 4.89. The van der Waals surface area contributed by atoms with Gasteiger partial charge in [0.1, 0.15) is 0 Å². The second-order valence-electron chi connectivity index (χ2n) is 4.07. The van der Waals surface area contributed by atoms with E-state index in [1.807, 2.05) is 12.1 Å². The number of hydrogen-bond donors (Lipinski definition) is 2. The Bertz CT molecular complexity index is 383. The third-order valence-corrected chi connectivity index (χ3v) is 4.05. The average molecular weight is 246 g/mol. The molecule has 2 nitrogen and oxygen atoms in total. The number of aliphatic hydroxyl groups is 1. The molecule has 15 heavy (non-hydrogen) atoms. The van der Waals surface area contributed by atoms with E-state index < -0.39 is 0 Å². The van der Waals surface area contributed by atoms with Crippen molar-refractivity contribution >= 4 is 23.2 Å². The quantitative estimate of drug-likeness (QED) is 0.858. The monoisotopic (exact) mass is 245 g/mol. The third kappa shape index (κ3) is 1.76. The van der Waals surface area contributed by atoms with Crippen LogP contribution in [0.2, 0.25) is 10.0 Å². The first-order valence-electron chi connectivity index (χ1n) is 4.90. The summed E-state index contributed by atoms with van der Waals surface area (Å²) in [6.45, 7) is 0.716. The Kier molecular flexibility index (Phi) is 2.95. The maximum absolute atomic E-state index is 9.14. The maximum Gasteiger partial charge on any atom is 0.0595 e. The van der Waals surface area contributed by atoms with Crippen molar-refractivity contribution in [3.05, 3.63) is 33.8 Å². The fourth-order valence-electron chi connectivity index (χ4n) is 2.15. The molecule has 82 valence electrons. The van der Waals surface area contributed by atoms with E-state index in [-0.39, 0.29) is 17.9 Å². The van der Waals surface area contributed by atoms with Gasteiger partial charge in [0.25, 0.3) is 0 Å². The molecule has 0 radical (unpaired) electrons. The van der Waals surface area contributed by atoms with Crippen LogP contribution in [-0.2, 0) is 5.41 Å². The molecule has 0 bridgehead atoms. The van der Waals surface area contributed by atoms with Gasteiger partial charge in [-0.05, 0) is 30.0 Å². The molecule has 1 unspecified atom stereocenters. The molecule has 0 aliphatic heterocycles. The molecule has 0 heterocycles. The lowest BCUT2D eigenvalue weighted by molar-refractivity contribution is 0.264. The zero-order valence-corrected chi connectivity index (χ0v) is 9.72. The molecule has 2 atom stereocenters. The van der Waals surface area contributed by atoms with Crippen LogP contribution >= 0.6 is 23.2 Å². The van der Waals surface area contributed by atoms with Crippen molar-refractivity contribution in [2.75, 3.05) is 13.2 Å². The summed E-state index contributed by atoms with van der Waals surface area (Å²) in [5, 5.41) is 10.2. The smallest absolute Gasteiger partial charge is 0.0595 e. The normalized spacial score (nSPS) is 29.2. The van der Waals surface area contributed by atoms with Crippen LogP contribution in [0, 0.1) is 5.92 Å². The number of halogens is 2. The van der Waals surface area contributed by atoms with Crippen molar-refractivity contribution in [2.24, 2.45) is 11.7 Å². The Labute approximate surface area is 99.0 Å². The molecule has 1 saturated carbocycles.